The number of aliphatic hydroxyl groups is 1. The molecule has 1 aliphatic heterocycles. The Kier molecular flexibility index (Phi) is 6.55. The van der Waals surface area contributed by atoms with Crippen LogP contribution in [0, 0.1) is 5.92 Å². The van der Waals surface area contributed by atoms with Gasteiger partial charge in [0.1, 0.15) is 0 Å². The first kappa shape index (κ1) is 15.5. The molecule has 0 amide bonds. The number of aryl methyl sites for hydroxylation is 1. The lowest BCUT2D eigenvalue weighted by Crippen LogP contribution is -2.30. The van der Waals surface area contributed by atoms with Gasteiger partial charge in [0.25, 0.3) is 0 Å². The van der Waals surface area contributed by atoms with E-state index >= 15 is 0 Å². The van der Waals surface area contributed by atoms with Gasteiger partial charge in [-0.25, -0.2) is 0 Å². The third-order valence-electron chi connectivity index (χ3n) is 4.47. The average Bonchev–Trinajstić information content (AvgIpc) is 2.52. The van der Waals surface area contributed by atoms with E-state index in [-0.39, 0.29) is 6.10 Å². The zero-order valence-corrected chi connectivity index (χ0v) is 12.8. The summed E-state index contributed by atoms with van der Waals surface area (Å²) in [4.78, 5) is 0. The Hall–Kier alpha value is -0.860. The van der Waals surface area contributed by atoms with Crippen molar-refractivity contribution in [1.82, 2.24) is 5.32 Å². The maximum Gasteiger partial charge on any atom is 0.0819 e. The molecule has 0 bridgehead atoms. The van der Waals surface area contributed by atoms with Gasteiger partial charge in [0.2, 0.25) is 0 Å². The molecule has 20 heavy (non-hydrogen) atoms. The summed E-state index contributed by atoms with van der Waals surface area (Å²) in [7, 11) is 0. The van der Waals surface area contributed by atoms with Gasteiger partial charge in [-0.05, 0) is 55.8 Å². The van der Waals surface area contributed by atoms with E-state index in [9.17, 15) is 5.11 Å². The number of nitrogens with one attached hydrogen (secondary N) is 1. The highest BCUT2D eigenvalue weighted by atomic mass is 16.3. The molecule has 1 fully saturated rings. The molecule has 1 unspecified atom stereocenters. The number of rotatable bonds is 7. The Morgan fingerprint density at radius 1 is 1.10 bits per heavy atom. The molecule has 1 atom stereocenters. The van der Waals surface area contributed by atoms with Crippen LogP contribution in [0.1, 0.15) is 62.7 Å². The Labute approximate surface area is 123 Å². The van der Waals surface area contributed by atoms with Crippen LogP contribution in [0.25, 0.3) is 0 Å². The molecule has 1 saturated heterocycles. The van der Waals surface area contributed by atoms with Crippen molar-refractivity contribution in [3.8, 4) is 0 Å². The zero-order valence-electron chi connectivity index (χ0n) is 12.8. The van der Waals surface area contributed by atoms with Crippen molar-refractivity contribution in [3.63, 3.8) is 0 Å². The third kappa shape index (κ3) is 4.60. The number of unbranched alkanes of at least 4 members (excludes halogenated alkanes) is 3. The van der Waals surface area contributed by atoms with Crippen LogP contribution >= 0.6 is 0 Å². The molecule has 0 spiro atoms. The van der Waals surface area contributed by atoms with Crippen LogP contribution in [0.2, 0.25) is 0 Å². The molecule has 1 aliphatic rings. The predicted molar refractivity (Wildman–Crippen MR) is 84.8 cm³/mol. The molecule has 1 aromatic rings. The summed E-state index contributed by atoms with van der Waals surface area (Å²) in [6.45, 7) is 4.32. The molecule has 1 aromatic carbocycles. The quantitative estimate of drug-likeness (QED) is 0.741. The van der Waals surface area contributed by atoms with Crippen molar-refractivity contribution in [2.45, 2.75) is 58.0 Å². The topological polar surface area (TPSA) is 32.3 Å². The highest BCUT2D eigenvalue weighted by molar-refractivity contribution is 5.24. The smallest absolute Gasteiger partial charge is 0.0819 e. The fourth-order valence-corrected chi connectivity index (χ4v) is 3.07. The first-order valence-corrected chi connectivity index (χ1v) is 8.29. The molecular weight excluding hydrogens is 246 g/mol. The van der Waals surface area contributed by atoms with Gasteiger partial charge in [0, 0.05) is 0 Å². The van der Waals surface area contributed by atoms with E-state index in [0.717, 1.165) is 31.5 Å². The molecule has 0 radical (unpaired) electrons. The molecule has 0 saturated carbocycles. The molecule has 0 aliphatic carbocycles. The van der Waals surface area contributed by atoms with E-state index in [4.69, 9.17) is 0 Å². The Morgan fingerprint density at radius 3 is 2.45 bits per heavy atom. The highest BCUT2D eigenvalue weighted by Gasteiger charge is 2.22. The average molecular weight is 275 g/mol. The normalized spacial score (nSPS) is 18.1. The third-order valence-corrected chi connectivity index (χ3v) is 4.47. The molecule has 1 heterocycles. The van der Waals surface area contributed by atoms with E-state index in [1.807, 2.05) is 0 Å². The summed E-state index contributed by atoms with van der Waals surface area (Å²) < 4.78 is 0. The van der Waals surface area contributed by atoms with Crippen LogP contribution in [0.4, 0.5) is 0 Å². The summed E-state index contributed by atoms with van der Waals surface area (Å²) in [5.74, 6) is 0.423. The molecule has 2 rings (SSSR count). The molecule has 112 valence electrons. The fourth-order valence-electron chi connectivity index (χ4n) is 3.07. The van der Waals surface area contributed by atoms with E-state index in [1.165, 1.54) is 37.7 Å². The van der Waals surface area contributed by atoms with Crippen LogP contribution in [-0.4, -0.2) is 18.2 Å². The van der Waals surface area contributed by atoms with E-state index < -0.39 is 0 Å². The minimum absolute atomic E-state index is 0.286. The lowest BCUT2D eigenvalue weighted by Gasteiger charge is -2.27. The molecule has 2 heteroatoms. The van der Waals surface area contributed by atoms with Crippen molar-refractivity contribution < 1.29 is 5.11 Å². The minimum atomic E-state index is -0.286. The maximum atomic E-state index is 10.5. The number of benzene rings is 1. The van der Waals surface area contributed by atoms with Gasteiger partial charge in [-0.3, -0.25) is 0 Å². The Balaban J connectivity index is 1.83. The lowest BCUT2D eigenvalue weighted by atomic mass is 9.88. The van der Waals surface area contributed by atoms with Gasteiger partial charge < -0.3 is 10.4 Å². The second-order valence-corrected chi connectivity index (χ2v) is 6.08. The first-order valence-electron chi connectivity index (χ1n) is 8.29. The molecule has 2 nitrogen and oxygen atoms in total. The second-order valence-electron chi connectivity index (χ2n) is 6.08. The summed E-state index contributed by atoms with van der Waals surface area (Å²) in [6, 6.07) is 8.65. The standard InChI is InChI=1S/C18H29NO/c1-2-3-4-5-6-15-7-9-16(10-8-15)18(20)17-11-13-19-14-12-17/h7-10,17-20H,2-6,11-14H2,1H3. The maximum absolute atomic E-state index is 10.5. The molecule has 2 N–H and O–H groups in total. The van der Waals surface area contributed by atoms with Crippen molar-refractivity contribution in [3.05, 3.63) is 35.4 Å². The summed E-state index contributed by atoms with van der Waals surface area (Å²) in [5, 5.41) is 13.8. The Bertz CT molecular complexity index is 368. The van der Waals surface area contributed by atoms with Crippen LogP contribution in [-0.2, 0) is 6.42 Å². The largest absolute Gasteiger partial charge is 0.388 e. The van der Waals surface area contributed by atoms with E-state index in [2.05, 4.69) is 36.5 Å². The fraction of sp³-hybridized carbons (Fsp3) is 0.667. The first-order chi connectivity index (χ1) is 9.81. The van der Waals surface area contributed by atoms with Gasteiger partial charge in [0.15, 0.2) is 0 Å². The minimum Gasteiger partial charge on any atom is -0.388 e. The lowest BCUT2D eigenvalue weighted by molar-refractivity contribution is 0.0889. The highest BCUT2D eigenvalue weighted by Crippen LogP contribution is 2.28. The van der Waals surface area contributed by atoms with E-state index in [0.29, 0.717) is 5.92 Å². The summed E-state index contributed by atoms with van der Waals surface area (Å²) in [6.07, 6.45) is 8.29. The number of hydrogen-bond donors (Lipinski definition) is 2. The van der Waals surface area contributed by atoms with Crippen molar-refractivity contribution in [1.29, 1.82) is 0 Å². The second kappa shape index (κ2) is 8.43. The van der Waals surface area contributed by atoms with Crippen LogP contribution < -0.4 is 5.32 Å². The van der Waals surface area contributed by atoms with Gasteiger partial charge in [0.05, 0.1) is 6.10 Å². The van der Waals surface area contributed by atoms with Gasteiger partial charge in [-0.15, -0.1) is 0 Å². The van der Waals surface area contributed by atoms with Crippen LogP contribution in [0.15, 0.2) is 24.3 Å². The molecular formula is C18H29NO. The van der Waals surface area contributed by atoms with Crippen LogP contribution in [0.5, 0.6) is 0 Å². The van der Waals surface area contributed by atoms with Crippen molar-refractivity contribution in [2.24, 2.45) is 5.92 Å². The van der Waals surface area contributed by atoms with Crippen molar-refractivity contribution >= 4 is 0 Å². The van der Waals surface area contributed by atoms with Gasteiger partial charge >= 0.3 is 0 Å². The SMILES string of the molecule is CCCCCCc1ccc(C(O)C2CCNCC2)cc1. The predicted octanol–water partition coefficient (Wildman–Crippen LogP) is 3.84. The number of hydrogen-bond acceptors (Lipinski definition) is 2. The van der Waals surface area contributed by atoms with Gasteiger partial charge in [-0.2, -0.15) is 0 Å². The summed E-state index contributed by atoms with van der Waals surface area (Å²) >= 11 is 0. The van der Waals surface area contributed by atoms with E-state index in [1.54, 1.807) is 0 Å². The van der Waals surface area contributed by atoms with Crippen LogP contribution in [0.3, 0.4) is 0 Å². The van der Waals surface area contributed by atoms with Gasteiger partial charge in [-0.1, -0.05) is 50.5 Å². The summed E-state index contributed by atoms with van der Waals surface area (Å²) in [5.41, 5.74) is 2.50. The number of aliphatic hydroxyl groups excluding tert-OH is 1. The monoisotopic (exact) mass is 275 g/mol. The Morgan fingerprint density at radius 2 is 1.80 bits per heavy atom. The van der Waals surface area contributed by atoms with Crippen molar-refractivity contribution in [2.75, 3.05) is 13.1 Å². The number of piperidine rings is 1. The molecule has 0 aromatic heterocycles. The zero-order chi connectivity index (χ0) is 14.2.